The van der Waals surface area contributed by atoms with Gasteiger partial charge >= 0.3 is 0 Å². The summed E-state index contributed by atoms with van der Waals surface area (Å²) in [6.45, 7) is 2.07. The van der Waals surface area contributed by atoms with Crippen molar-refractivity contribution in [2.75, 3.05) is 0 Å². The fourth-order valence-electron chi connectivity index (χ4n) is 1.98. The van der Waals surface area contributed by atoms with E-state index in [1.165, 1.54) is 5.39 Å². The van der Waals surface area contributed by atoms with E-state index in [1.54, 1.807) is 0 Å². The zero-order chi connectivity index (χ0) is 11.4. The topological polar surface area (TPSA) is 17.1 Å². The quantitative estimate of drug-likeness (QED) is 0.703. The van der Waals surface area contributed by atoms with E-state index in [4.69, 9.17) is 0 Å². The van der Waals surface area contributed by atoms with Crippen LogP contribution in [-0.4, -0.2) is 5.94 Å². The molecule has 0 bridgehead atoms. The van der Waals surface area contributed by atoms with Crippen molar-refractivity contribution in [3.8, 4) is 0 Å². The molecule has 0 saturated heterocycles. The van der Waals surface area contributed by atoms with E-state index >= 15 is 0 Å². The van der Waals surface area contributed by atoms with E-state index in [1.807, 2.05) is 24.3 Å². The van der Waals surface area contributed by atoms with Gasteiger partial charge in [-0.2, -0.15) is 0 Å². The summed E-state index contributed by atoms with van der Waals surface area (Å²) in [7, 11) is 0. The standard InChI is InChI=1S/C15H14O/c1-2-6-13(11-16)15-10-5-8-12-7-3-4-9-14(12)15/h3-5,7-10H,2,6H2,1H3. The van der Waals surface area contributed by atoms with Crippen LogP contribution in [0.4, 0.5) is 0 Å². The summed E-state index contributed by atoms with van der Waals surface area (Å²) in [5, 5.41) is 2.31. The maximum absolute atomic E-state index is 11.0. The number of hydrogen-bond acceptors (Lipinski definition) is 1. The second kappa shape index (κ2) is 4.78. The van der Waals surface area contributed by atoms with Crippen molar-refractivity contribution in [1.29, 1.82) is 0 Å². The van der Waals surface area contributed by atoms with Crippen LogP contribution >= 0.6 is 0 Å². The highest BCUT2D eigenvalue weighted by Gasteiger charge is 2.05. The van der Waals surface area contributed by atoms with Gasteiger partial charge in [0.05, 0.1) is 0 Å². The third-order valence-electron chi connectivity index (χ3n) is 2.74. The number of benzene rings is 2. The Hall–Kier alpha value is -1.85. The predicted octanol–water partition coefficient (Wildman–Crippen LogP) is 3.85. The van der Waals surface area contributed by atoms with Crippen LogP contribution in [0.1, 0.15) is 25.3 Å². The molecule has 0 amide bonds. The molecular weight excluding hydrogens is 196 g/mol. The Kier molecular flexibility index (Phi) is 3.19. The van der Waals surface area contributed by atoms with Crippen molar-refractivity contribution in [2.45, 2.75) is 19.8 Å². The lowest BCUT2D eigenvalue weighted by Crippen LogP contribution is -1.87. The SMILES string of the molecule is CCCC(=C=O)c1cccc2ccccc12. The van der Waals surface area contributed by atoms with Crippen LogP contribution in [0.3, 0.4) is 0 Å². The zero-order valence-corrected chi connectivity index (χ0v) is 9.36. The average Bonchev–Trinajstić information content (AvgIpc) is 2.35. The molecule has 0 aliphatic rings. The minimum atomic E-state index is 0.777. The fourth-order valence-corrected chi connectivity index (χ4v) is 1.98. The number of allylic oxidation sites excluding steroid dienone is 1. The van der Waals surface area contributed by atoms with Gasteiger partial charge < -0.3 is 0 Å². The van der Waals surface area contributed by atoms with E-state index in [0.29, 0.717) is 0 Å². The van der Waals surface area contributed by atoms with Crippen LogP contribution in [-0.2, 0) is 4.79 Å². The van der Waals surface area contributed by atoms with E-state index in [0.717, 1.165) is 29.4 Å². The average molecular weight is 210 g/mol. The molecule has 0 aliphatic heterocycles. The Labute approximate surface area is 95.4 Å². The molecule has 16 heavy (non-hydrogen) atoms. The lowest BCUT2D eigenvalue weighted by atomic mass is 9.97. The Balaban J connectivity index is 2.64. The first-order chi connectivity index (χ1) is 7.86. The van der Waals surface area contributed by atoms with E-state index in [9.17, 15) is 4.79 Å². The minimum Gasteiger partial charge on any atom is -0.233 e. The van der Waals surface area contributed by atoms with Crippen molar-refractivity contribution in [2.24, 2.45) is 0 Å². The van der Waals surface area contributed by atoms with E-state index in [2.05, 4.69) is 31.1 Å². The molecule has 0 aromatic heterocycles. The highest BCUT2D eigenvalue weighted by Crippen LogP contribution is 2.26. The summed E-state index contributed by atoms with van der Waals surface area (Å²) in [6, 6.07) is 14.2. The molecule has 0 aliphatic carbocycles. The van der Waals surface area contributed by atoms with E-state index in [-0.39, 0.29) is 0 Å². The van der Waals surface area contributed by atoms with Gasteiger partial charge in [0, 0.05) is 5.57 Å². The smallest absolute Gasteiger partial charge is 0.128 e. The minimum absolute atomic E-state index is 0.777. The molecule has 0 saturated carbocycles. The Morgan fingerprint density at radius 2 is 1.88 bits per heavy atom. The molecule has 0 radical (unpaired) electrons. The number of hydrogen-bond donors (Lipinski definition) is 0. The lowest BCUT2D eigenvalue weighted by Gasteiger charge is -2.06. The number of rotatable bonds is 3. The first-order valence-corrected chi connectivity index (χ1v) is 5.59. The Morgan fingerprint density at radius 3 is 2.62 bits per heavy atom. The number of carbonyl (C=O) groups excluding carboxylic acids is 1. The molecule has 0 N–H and O–H groups in total. The molecule has 0 atom stereocenters. The van der Waals surface area contributed by atoms with E-state index < -0.39 is 0 Å². The summed E-state index contributed by atoms with van der Waals surface area (Å²) in [6.07, 6.45) is 1.76. The van der Waals surface area contributed by atoms with Crippen LogP contribution < -0.4 is 0 Å². The summed E-state index contributed by atoms with van der Waals surface area (Å²) in [5.41, 5.74) is 1.80. The second-order valence-electron chi connectivity index (χ2n) is 3.86. The molecule has 0 heterocycles. The van der Waals surface area contributed by atoms with Crippen molar-refractivity contribution in [3.63, 3.8) is 0 Å². The van der Waals surface area contributed by atoms with Crippen LogP contribution in [0.25, 0.3) is 16.3 Å². The fraction of sp³-hybridized carbons (Fsp3) is 0.200. The van der Waals surface area contributed by atoms with Gasteiger partial charge in [0.2, 0.25) is 0 Å². The molecule has 0 spiro atoms. The molecule has 2 rings (SSSR count). The van der Waals surface area contributed by atoms with Crippen molar-refractivity contribution < 1.29 is 4.79 Å². The number of fused-ring (bicyclic) bond motifs is 1. The van der Waals surface area contributed by atoms with Crippen LogP contribution in [0.5, 0.6) is 0 Å². The molecule has 1 nitrogen and oxygen atoms in total. The normalized spacial score (nSPS) is 10.1. The van der Waals surface area contributed by atoms with Gasteiger partial charge in [-0.1, -0.05) is 55.8 Å². The largest absolute Gasteiger partial charge is 0.233 e. The van der Waals surface area contributed by atoms with Gasteiger partial charge in [-0.25, -0.2) is 4.79 Å². The summed E-state index contributed by atoms with van der Waals surface area (Å²) in [5.74, 6) is 2.08. The highest BCUT2D eigenvalue weighted by atomic mass is 16.1. The molecule has 2 aromatic rings. The first kappa shape index (κ1) is 10.7. The van der Waals surface area contributed by atoms with Gasteiger partial charge in [0.25, 0.3) is 0 Å². The van der Waals surface area contributed by atoms with Crippen LogP contribution in [0, 0.1) is 0 Å². The summed E-state index contributed by atoms with van der Waals surface area (Å²) >= 11 is 0. The first-order valence-electron chi connectivity index (χ1n) is 5.59. The van der Waals surface area contributed by atoms with Crippen molar-refractivity contribution >= 4 is 22.3 Å². The third-order valence-corrected chi connectivity index (χ3v) is 2.74. The molecule has 0 fully saturated rings. The third kappa shape index (κ3) is 1.91. The monoisotopic (exact) mass is 210 g/mol. The maximum Gasteiger partial charge on any atom is 0.128 e. The summed E-state index contributed by atoms with van der Waals surface area (Å²) < 4.78 is 0. The molecule has 2 aromatic carbocycles. The molecular formula is C15H14O. The predicted molar refractivity (Wildman–Crippen MR) is 68.0 cm³/mol. The van der Waals surface area contributed by atoms with Gasteiger partial charge in [0.15, 0.2) is 0 Å². The van der Waals surface area contributed by atoms with Gasteiger partial charge in [-0.3, -0.25) is 0 Å². The summed E-state index contributed by atoms with van der Waals surface area (Å²) in [4.78, 5) is 11.0. The van der Waals surface area contributed by atoms with Crippen LogP contribution in [0.2, 0.25) is 0 Å². The van der Waals surface area contributed by atoms with Gasteiger partial charge in [-0.15, -0.1) is 0 Å². The van der Waals surface area contributed by atoms with Crippen LogP contribution in [0.15, 0.2) is 42.5 Å². The van der Waals surface area contributed by atoms with Crippen molar-refractivity contribution in [1.82, 2.24) is 0 Å². The second-order valence-corrected chi connectivity index (χ2v) is 3.86. The Morgan fingerprint density at radius 1 is 1.12 bits per heavy atom. The molecule has 0 unspecified atom stereocenters. The lowest BCUT2D eigenvalue weighted by molar-refractivity contribution is 0.569. The molecule has 80 valence electrons. The Bertz CT molecular complexity index is 543. The zero-order valence-electron chi connectivity index (χ0n) is 9.36. The van der Waals surface area contributed by atoms with Crippen molar-refractivity contribution in [3.05, 3.63) is 48.0 Å². The van der Waals surface area contributed by atoms with Gasteiger partial charge in [0.1, 0.15) is 5.94 Å². The molecule has 1 heteroatoms. The highest BCUT2D eigenvalue weighted by molar-refractivity contribution is 6.00. The van der Waals surface area contributed by atoms with Gasteiger partial charge in [-0.05, 0) is 22.8 Å². The maximum atomic E-state index is 11.0.